The van der Waals surface area contributed by atoms with Gasteiger partial charge in [0.15, 0.2) is 0 Å². The first kappa shape index (κ1) is 14.3. The third kappa shape index (κ3) is 3.52. The molecule has 0 spiro atoms. The minimum atomic E-state index is 0.423. The van der Waals surface area contributed by atoms with E-state index in [2.05, 4.69) is 60.0 Å². The highest BCUT2D eigenvalue weighted by Gasteiger charge is 2.27. The van der Waals surface area contributed by atoms with E-state index in [4.69, 9.17) is 5.84 Å². The van der Waals surface area contributed by atoms with Gasteiger partial charge in [-0.15, -0.1) is 0 Å². The first-order valence-electron chi connectivity index (χ1n) is 7.94. The van der Waals surface area contributed by atoms with Gasteiger partial charge in [-0.2, -0.15) is 0 Å². The van der Waals surface area contributed by atoms with Crippen molar-refractivity contribution in [3.63, 3.8) is 0 Å². The average molecular weight is 280 g/mol. The molecule has 0 fully saturated rings. The molecular formula is C19H24N2. The van der Waals surface area contributed by atoms with Crippen molar-refractivity contribution in [2.45, 2.75) is 44.1 Å². The smallest absolute Gasteiger partial charge is 0.0216 e. The molecule has 21 heavy (non-hydrogen) atoms. The second-order valence-corrected chi connectivity index (χ2v) is 6.08. The molecule has 3 N–H and O–H groups in total. The summed E-state index contributed by atoms with van der Waals surface area (Å²) < 4.78 is 0. The number of benzene rings is 2. The minimum Gasteiger partial charge on any atom is -0.271 e. The molecule has 2 nitrogen and oxygen atoms in total. The molecule has 2 aromatic carbocycles. The van der Waals surface area contributed by atoms with Gasteiger partial charge in [-0.25, -0.2) is 0 Å². The minimum absolute atomic E-state index is 0.423. The van der Waals surface area contributed by atoms with Gasteiger partial charge in [0, 0.05) is 6.04 Å². The van der Waals surface area contributed by atoms with Crippen LogP contribution in [0, 0.1) is 0 Å². The molecule has 2 aromatic rings. The van der Waals surface area contributed by atoms with Crippen LogP contribution in [0.3, 0.4) is 0 Å². The number of nitrogens with two attached hydrogens (primary N) is 1. The fraction of sp³-hybridized carbons (Fsp3) is 0.368. The predicted octanol–water partition coefficient (Wildman–Crippen LogP) is 3.57. The molecule has 2 atom stereocenters. The lowest BCUT2D eigenvalue weighted by Gasteiger charge is -2.33. The summed E-state index contributed by atoms with van der Waals surface area (Å²) in [7, 11) is 0. The van der Waals surface area contributed by atoms with Crippen molar-refractivity contribution >= 4 is 0 Å². The Bertz CT molecular complexity index is 565. The van der Waals surface area contributed by atoms with Crippen LogP contribution in [0.25, 0.3) is 0 Å². The molecule has 3 rings (SSSR count). The standard InChI is InChI=1S/C19H24N2/c20-21-18(11-6-9-15-7-2-1-3-8-15)14-17-13-16-10-4-5-12-19(16)17/h1-5,7-8,10,12,17-18,21H,6,9,11,13-14,20H2. The van der Waals surface area contributed by atoms with E-state index in [-0.39, 0.29) is 0 Å². The van der Waals surface area contributed by atoms with Crippen molar-refractivity contribution < 1.29 is 0 Å². The third-order valence-electron chi connectivity index (χ3n) is 4.63. The van der Waals surface area contributed by atoms with Gasteiger partial charge in [0.25, 0.3) is 0 Å². The Hall–Kier alpha value is -1.64. The molecule has 2 unspecified atom stereocenters. The number of hydrogen-bond donors (Lipinski definition) is 2. The average Bonchev–Trinajstić information content (AvgIpc) is 2.52. The van der Waals surface area contributed by atoms with Crippen LogP contribution in [0.15, 0.2) is 54.6 Å². The van der Waals surface area contributed by atoms with Crippen molar-refractivity contribution in [2.75, 3.05) is 0 Å². The van der Waals surface area contributed by atoms with E-state index in [0.29, 0.717) is 12.0 Å². The zero-order chi connectivity index (χ0) is 14.5. The Morgan fingerprint density at radius 3 is 2.57 bits per heavy atom. The lowest BCUT2D eigenvalue weighted by atomic mass is 9.74. The first-order valence-corrected chi connectivity index (χ1v) is 7.94. The summed E-state index contributed by atoms with van der Waals surface area (Å²) in [5.74, 6) is 6.44. The van der Waals surface area contributed by atoms with Crippen molar-refractivity contribution in [3.8, 4) is 0 Å². The fourth-order valence-electron chi connectivity index (χ4n) is 3.38. The number of aryl methyl sites for hydroxylation is 1. The highest BCUT2D eigenvalue weighted by Crippen LogP contribution is 2.38. The molecule has 1 aliphatic rings. The van der Waals surface area contributed by atoms with Gasteiger partial charge in [-0.05, 0) is 54.7 Å². The van der Waals surface area contributed by atoms with Gasteiger partial charge in [-0.1, -0.05) is 54.6 Å². The number of fused-ring (bicyclic) bond motifs is 1. The summed E-state index contributed by atoms with van der Waals surface area (Å²) in [5, 5.41) is 0. The fourth-order valence-corrected chi connectivity index (χ4v) is 3.38. The Kier molecular flexibility index (Phi) is 4.69. The molecule has 0 amide bonds. The van der Waals surface area contributed by atoms with E-state index >= 15 is 0 Å². The molecular weight excluding hydrogens is 256 g/mol. The highest BCUT2D eigenvalue weighted by atomic mass is 15.2. The van der Waals surface area contributed by atoms with E-state index in [0.717, 1.165) is 19.3 Å². The summed E-state index contributed by atoms with van der Waals surface area (Å²) in [5.41, 5.74) is 7.48. The Labute approximate surface area is 127 Å². The number of hydrazine groups is 1. The van der Waals surface area contributed by atoms with E-state index < -0.39 is 0 Å². The molecule has 0 saturated heterocycles. The van der Waals surface area contributed by atoms with Crippen molar-refractivity contribution in [1.29, 1.82) is 0 Å². The highest BCUT2D eigenvalue weighted by molar-refractivity contribution is 5.39. The second kappa shape index (κ2) is 6.88. The molecule has 110 valence electrons. The number of nitrogens with one attached hydrogen (secondary N) is 1. The van der Waals surface area contributed by atoms with Gasteiger partial charge in [0.1, 0.15) is 0 Å². The quantitative estimate of drug-likeness (QED) is 0.601. The van der Waals surface area contributed by atoms with Crippen LogP contribution >= 0.6 is 0 Å². The van der Waals surface area contributed by atoms with E-state index in [1.165, 1.54) is 29.5 Å². The van der Waals surface area contributed by atoms with Crippen LogP contribution in [0.2, 0.25) is 0 Å². The monoisotopic (exact) mass is 280 g/mol. The summed E-state index contributed by atoms with van der Waals surface area (Å²) in [4.78, 5) is 0. The maximum absolute atomic E-state index is 5.75. The molecule has 1 aliphatic carbocycles. The van der Waals surface area contributed by atoms with E-state index in [9.17, 15) is 0 Å². The van der Waals surface area contributed by atoms with Gasteiger partial charge in [0.2, 0.25) is 0 Å². The number of hydrogen-bond acceptors (Lipinski definition) is 2. The van der Waals surface area contributed by atoms with Crippen LogP contribution in [-0.2, 0) is 12.8 Å². The van der Waals surface area contributed by atoms with Crippen molar-refractivity contribution in [1.82, 2.24) is 5.43 Å². The Balaban J connectivity index is 1.46. The largest absolute Gasteiger partial charge is 0.271 e. The molecule has 2 heteroatoms. The summed E-state index contributed by atoms with van der Waals surface area (Å²) in [6, 6.07) is 19.9. The lowest BCUT2D eigenvalue weighted by Crippen LogP contribution is -2.38. The van der Waals surface area contributed by atoms with Crippen molar-refractivity contribution in [2.24, 2.45) is 5.84 Å². The van der Waals surface area contributed by atoms with Gasteiger partial charge in [0.05, 0.1) is 0 Å². The van der Waals surface area contributed by atoms with Gasteiger partial charge >= 0.3 is 0 Å². The van der Waals surface area contributed by atoms with E-state index in [1.54, 1.807) is 0 Å². The second-order valence-electron chi connectivity index (χ2n) is 6.08. The van der Waals surface area contributed by atoms with Gasteiger partial charge in [-0.3, -0.25) is 11.3 Å². The predicted molar refractivity (Wildman–Crippen MR) is 88.0 cm³/mol. The van der Waals surface area contributed by atoms with E-state index in [1.807, 2.05) is 0 Å². The molecule has 0 aromatic heterocycles. The molecule has 0 heterocycles. The normalized spacial score (nSPS) is 17.9. The lowest BCUT2D eigenvalue weighted by molar-refractivity contribution is 0.397. The van der Waals surface area contributed by atoms with Crippen LogP contribution in [0.1, 0.15) is 41.9 Å². The summed E-state index contributed by atoms with van der Waals surface area (Å²) in [6.07, 6.45) is 5.84. The van der Waals surface area contributed by atoms with Crippen LogP contribution < -0.4 is 11.3 Å². The van der Waals surface area contributed by atoms with Crippen LogP contribution in [0.5, 0.6) is 0 Å². The van der Waals surface area contributed by atoms with Crippen molar-refractivity contribution in [3.05, 3.63) is 71.3 Å². The maximum Gasteiger partial charge on any atom is 0.0216 e. The molecule has 0 radical (unpaired) electrons. The molecule has 0 bridgehead atoms. The third-order valence-corrected chi connectivity index (χ3v) is 4.63. The Morgan fingerprint density at radius 1 is 1.05 bits per heavy atom. The SMILES string of the molecule is NNC(CCCc1ccccc1)CC1Cc2ccccc21. The van der Waals surface area contributed by atoms with Crippen LogP contribution in [0.4, 0.5) is 0 Å². The Morgan fingerprint density at radius 2 is 1.81 bits per heavy atom. The first-order chi connectivity index (χ1) is 10.4. The molecule has 0 saturated carbocycles. The molecule has 0 aliphatic heterocycles. The zero-order valence-corrected chi connectivity index (χ0v) is 12.5. The summed E-state index contributed by atoms with van der Waals surface area (Å²) in [6.45, 7) is 0. The topological polar surface area (TPSA) is 38.0 Å². The summed E-state index contributed by atoms with van der Waals surface area (Å²) >= 11 is 0. The zero-order valence-electron chi connectivity index (χ0n) is 12.5. The number of rotatable bonds is 7. The van der Waals surface area contributed by atoms with Crippen LogP contribution in [-0.4, -0.2) is 6.04 Å². The maximum atomic E-state index is 5.75. The van der Waals surface area contributed by atoms with Gasteiger partial charge < -0.3 is 0 Å².